The second-order valence-electron chi connectivity index (χ2n) is 8.43. The summed E-state index contributed by atoms with van der Waals surface area (Å²) in [5.74, 6) is 3.01. The van der Waals surface area contributed by atoms with Crippen LogP contribution < -0.4 is 15.0 Å². The number of piperidine rings is 1. The lowest BCUT2D eigenvalue weighted by Gasteiger charge is -2.31. The Morgan fingerprint density at radius 3 is 2.69 bits per heavy atom. The number of fused-ring (bicyclic) bond motifs is 1. The average Bonchev–Trinajstić information content (AvgIpc) is 3.18. The van der Waals surface area contributed by atoms with Gasteiger partial charge in [0.05, 0.1) is 12.3 Å². The topological polar surface area (TPSA) is 93.4 Å². The summed E-state index contributed by atoms with van der Waals surface area (Å²) in [6, 6.07) is 7.74. The summed E-state index contributed by atoms with van der Waals surface area (Å²) in [6.07, 6.45) is 3.03. The van der Waals surface area contributed by atoms with E-state index in [4.69, 9.17) is 14.2 Å². The van der Waals surface area contributed by atoms with Crippen molar-refractivity contribution in [3.05, 3.63) is 41.3 Å². The van der Waals surface area contributed by atoms with Crippen LogP contribution in [0.2, 0.25) is 0 Å². The minimum absolute atomic E-state index is 0.0373. The van der Waals surface area contributed by atoms with Gasteiger partial charge in [-0.3, -0.25) is 4.79 Å². The largest absolute Gasteiger partial charge is 0.494 e. The lowest BCUT2D eigenvalue weighted by Crippen LogP contribution is -2.34. The highest BCUT2D eigenvalue weighted by Crippen LogP contribution is 2.30. The van der Waals surface area contributed by atoms with Gasteiger partial charge >= 0.3 is 0 Å². The van der Waals surface area contributed by atoms with Gasteiger partial charge in [0.1, 0.15) is 22.8 Å². The maximum atomic E-state index is 12.4. The quantitative estimate of drug-likeness (QED) is 0.573. The van der Waals surface area contributed by atoms with Crippen molar-refractivity contribution in [3.63, 3.8) is 0 Å². The maximum absolute atomic E-state index is 12.4. The Balaban J connectivity index is 1.39. The number of carbonyl (C=O) groups excluding carboxylic acids is 1. The van der Waals surface area contributed by atoms with Crippen LogP contribution in [0.15, 0.2) is 28.8 Å². The zero-order valence-electron chi connectivity index (χ0n) is 19.1. The number of hydrogen-bond acceptors (Lipinski definition) is 7. The van der Waals surface area contributed by atoms with Crippen LogP contribution in [0.5, 0.6) is 5.75 Å². The Morgan fingerprint density at radius 2 is 1.97 bits per heavy atom. The van der Waals surface area contributed by atoms with Gasteiger partial charge in [-0.1, -0.05) is 24.2 Å². The van der Waals surface area contributed by atoms with Crippen LogP contribution in [0.4, 0.5) is 5.82 Å². The van der Waals surface area contributed by atoms with Crippen molar-refractivity contribution in [2.75, 3.05) is 24.6 Å². The van der Waals surface area contributed by atoms with E-state index in [0.29, 0.717) is 37.5 Å². The van der Waals surface area contributed by atoms with Gasteiger partial charge < -0.3 is 19.5 Å². The first-order valence-corrected chi connectivity index (χ1v) is 11.4. The molecule has 4 rings (SSSR count). The minimum Gasteiger partial charge on any atom is -0.494 e. The molecule has 8 nitrogen and oxygen atoms in total. The highest BCUT2D eigenvalue weighted by Gasteiger charge is 2.23. The van der Waals surface area contributed by atoms with Gasteiger partial charge in [0.15, 0.2) is 0 Å². The summed E-state index contributed by atoms with van der Waals surface area (Å²) in [5, 5.41) is 7.93. The van der Waals surface area contributed by atoms with E-state index in [1.54, 1.807) is 0 Å². The smallest absolute Gasteiger partial charge is 0.263 e. The molecule has 1 amide bonds. The van der Waals surface area contributed by atoms with Crippen molar-refractivity contribution in [1.82, 2.24) is 20.4 Å². The van der Waals surface area contributed by atoms with E-state index < -0.39 is 0 Å². The van der Waals surface area contributed by atoms with Crippen LogP contribution in [0.3, 0.4) is 0 Å². The molecule has 2 aromatic heterocycles. The van der Waals surface area contributed by atoms with Crippen LogP contribution >= 0.6 is 0 Å². The number of aryl methyl sites for hydroxylation is 2. The van der Waals surface area contributed by atoms with Gasteiger partial charge in [-0.15, -0.1) is 0 Å². The van der Waals surface area contributed by atoms with Gasteiger partial charge in [0.25, 0.3) is 5.71 Å². The molecule has 1 N–H and O–H groups in total. The van der Waals surface area contributed by atoms with E-state index in [1.807, 2.05) is 38.1 Å². The monoisotopic (exact) mass is 437 g/mol. The van der Waals surface area contributed by atoms with Crippen LogP contribution in [0, 0.1) is 12.8 Å². The number of aromatic nitrogens is 3. The van der Waals surface area contributed by atoms with Crippen molar-refractivity contribution in [2.45, 2.75) is 53.0 Å². The normalized spacial score (nSPS) is 14.7. The zero-order chi connectivity index (χ0) is 22.5. The fourth-order valence-electron chi connectivity index (χ4n) is 3.96. The number of nitrogens with zero attached hydrogens (tertiary/aromatic N) is 4. The standard InChI is InChI=1S/C24H31N5O3/c1-4-31-19-7-5-18(6-8-19)15-25-21(30)10-9-20-26-23(29-13-11-16(2)12-14-29)22-17(3)28-32-24(22)27-20/h5-8,16H,4,9-15H2,1-3H3,(H,25,30). The molecule has 1 saturated heterocycles. The Labute approximate surface area is 188 Å². The summed E-state index contributed by atoms with van der Waals surface area (Å²) in [5.41, 5.74) is 2.32. The number of rotatable bonds is 8. The molecule has 1 aromatic carbocycles. The van der Waals surface area contributed by atoms with Crippen molar-refractivity contribution in [3.8, 4) is 5.75 Å². The van der Waals surface area contributed by atoms with Crippen molar-refractivity contribution >= 4 is 22.8 Å². The molecule has 0 unspecified atom stereocenters. The van der Waals surface area contributed by atoms with E-state index >= 15 is 0 Å². The molecule has 1 aliphatic rings. The molecule has 1 aliphatic heterocycles. The third-order valence-electron chi connectivity index (χ3n) is 5.92. The molecule has 0 saturated carbocycles. The predicted molar refractivity (Wildman–Crippen MR) is 123 cm³/mol. The lowest BCUT2D eigenvalue weighted by molar-refractivity contribution is -0.121. The highest BCUT2D eigenvalue weighted by atomic mass is 16.5. The molecule has 8 heteroatoms. The van der Waals surface area contributed by atoms with E-state index in [1.165, 1.54) is 0 Å². The van der Waals surface area contributed by atoms with Crippen molar-refractivity contribution in [1.29, 1.82) is 0 Å². The molecule has 0 atom stereocenters. The van der Waals surface area contributed by atoms with E-state index in [2.05, 4.69) is 27.3 Å². The van der Waals surface area contributed by atoms with Crippen LogP contribution in [0.25, 0.3) is 11.1 Å². The molecule has 0 radical (unpaired) electrons. The minimum atomic E-state index is -0.0373. The Bertz CT molecular complexity index is 1060. The SMILES string of the molecule is CCOc1ccc(CNC(=O)CCc2nc(N3CCC(C)CC3)c3c(C)noc3n2)cc1. The first-order chi connectivity index (χ1) is 15.5. The number of benzene rings is 1. The Hall–Kier alpha value is -3.16. The van der Waals surface area contributed by atoms with E-state index in [0.717, 1.165) is 60.1 Å². The van der Waals surface area contributed by atoms with Crippen molar-refractivity contribution in [2.24, 2.45) is 5.92 Å². The third kappa shape index (κ3) is 5.18. The number of ether oxygens (including phenoxy) is 1. The third-order valence-corrected chi connectivity index (χ3v) is 5.92. The molecule has 0 spiro atoms. The molecule has 3 heterocycles. The van der Waals surface area contributed by atoms with Crippen LogP contribution in [-0.4, -0.2) is 40.7 Å². The maximum Gasteiger partial charge on any atom is 0.263 e. The van der Waals surface area contributed by atoms with Crippen LogP contribution in [-0.2, 0) is 17.8 Å². The number of amides is 1. The molecule has 0 bridgehead atoms. The molecular weight excluding hydrogens is 406 g/mol. The summed E-state index contributed by atoms with van der Waals surface area (Å²) in [7, 11) is 0. The second kappa shape index (κ2) is 9.97. The van der Waals surface area contributed by atoms with Gasteiger partial charge in [-0.2, -0.15) is 4.98 Å². The summed E-state index contributed by atoms with van der Waals surface area (Å²) < 4.78 is 10.9. The van der Waals surface area contributed by atoms with Crippen LogP contribution in [0.1, 0.15) is 50.2 Å². The summed E-state index contributed by atoms with van der Waals surface area (Å²) in [4.78, 5) is 24.1. The van der Waals surface area contributed by atoms with Gasteiger partial charge in [-0.25, -0.2) is 4.98 Å². The number of anilines is 1. The molecule has 3 aromatic rings. The average molecular weight is 438 g/mol. The Morgan fingerprint density at radius 1 is 1.22 bits per heavy atom. The summed E-state index contributed by atoms with van der Waals surface area (Å²) >= 11 is 0. The van der Waals surface area contributed by atoms with E-state index in [-0.39, 0.29) is 5.91 Å². The fourth-order valence-corrected chi connectivity index (χ4v) is 3.96. The van der Waals surface area contributed by atoms with E-state index in [9.17, 15) is 4.79 Å². The highest BCUT2D eigenvalue weighted by molar-refractivity contribution is 5.88. The number of carbonyl (C=O) groups is 1. The lowest BCUT2D eigenvalue weighted by atomic mass is 9.99. The molecule has 32 heavy (non-hydrogen) atoms. The molecule has 1 fully saturated rings. The number of nitrogens with one attached hydrogen (secondary N) is 1. The van der Waals surface area contributed by atoms with Gasteiger partial charge in [0.2, 0.25) is 5.91 Å². The molecule has 170 valence electrons. The zero-order valence-corrected chi connectivity index (χ0v) is 19.1. The fraction of sp³-hybridized carbons (Fsp3) is 0.500. The first-order valence-electron chi connectivity index (χ1n) is 11.4. The number of hydrogen-bond donors (Lipinski definition) is 1. The predicted octanol–water partition coefficient (Wildman–Crippen LogP) is 3.81. The molecule has 0 aliphatic carbocycles. The van der Waals surface area contributed by atoms with Gasteiger partial charge in [-0.05, 0) is 50.3 Å². The Kier molecular flexibility index (Phi) is 6.87. The van der Waals surface area contributed by atoms with Crippen molar-refractivity contribution < 1.29 is 14.1 Å². The molecular formula is C24H31N5O3. The summed E-state index contributed by atoms with van der Waals surface area (Å²) in [6.45, 7) is 9.18. The first kappa shape index (κ1) is 22.0. The second-order valence-corrected chi connectivity index (χ2v) is 8.43. The van der Waals surface area contributed by atoms with Gasteiger partial charge in [0, 0.05) is 32.5 Å².